The molecule has 0 spiro atoms. The minimum Gasteiger partial charge on any atom is -0.488 e. The van der Waals surface area contributed by atoms with Crippen LogP contribution in [0.1, 0.15) is 55.2 Å². The van der Waals surface area contributed by atoms with Crippen molar-refractivity contribution in [1.82, 2.24) is 5.32 Å². The van der Waals surface area contributed by atoms with Crippen LogP contribution in [-0.4, -0.2) is 17.8 Å². The summed E-state index contributed by atoms with van der Waals surface area (Å²) in [4.78, 5) is 40.3. The highest BCUT2D eigenvalue weighted by Gasteiger charge is 2.51. The van der Waals surface area contributed by atoms with Crippen molar-refractivity contribution in [3.8, 4) is 5.75 Å². The number of amides is 4. The van der Waals surface area contributed by atoms with Crippen LogP contribution in [0.3, 0.4) is 0 Å². The average molecular weight is 551 g/mol. The number of urea groups is 1. The molecule has 4 bridgehead atoms. The predicted octanol–water partition coefficient (Wildman–Crippen LogP) is 6.54. The van der Waals surface area contributed by atoms with Gasteiger partial charge < -0.3 is 4.74 Å². The quantitative estimate of drug-likeness (QED) is 0.279. The molecule has 4 aliphatic carbocycles. The molecule has 6 nitrogen and oxygen atoms in total. The summed E-state index contributed by atoms with van der Waals surface area (Å²) in [6.07, 6.45) is 9.22. The number of carbonyl (C=O) groups is 3. The second-order valence-electron chi connectivity index (χ2n) is 12.2. The SMILES string of the molecule is O=C1NC(=O)N(c2ccc(C34CC5CC(CC(C5)C3)C4)cc2)C(=O)/C1=C/c1ccccc1OCc1ccc(F)cc1. The van der Waals surface area contributed by atoms with Gasteiger partial charge in [0.05, 0.1) is 5.69 Å². The van der Waals surface area contributed by atoms with Crippen LogP contribution in [-0.2, 0) is 21.6 Å². The number of halogens is 1. The molecule has 8 rings (SSSR count). The molecule has 1 heterocycles. The monoisotopic (exact) mass is 550 g/mol. The van der Waals surface area contributed by atoms with Crippen molar-refractivity contribution in [3.63, 3.8) is 0 Å². The lowest BCUT2D eigenvalue weighted by Gasteiger charge is -2.57. The Morgan fingerprint density at radius 3 is 2.15 bits per heavy atom. The number of para-hydroxylation sites is 1. The number of nitrogens with one attached hydrogen (secondary N) is 1. The van der Waals surface area contributed by atoms with E-state index in [4.69, 9.17) is 4.74 Å². The normalized spacial score (nSPS) is 27.8. The lowest BCUT2D eigenvalue weighted by Crippen LogP contribution is -2.54. The van der Waals surface area contributed by atoms with Crippen molar-refractivity contribution in [2.45, 2.75) is 50.5 Å². The number of anilines is 1. The van der Waals surface area contributed by atoms with Gasteiger partial charge in [-0.15, -0.1) is 0 Å². The van der Waals surface area contributed by atoms with Gasteiger partial charge in [-0.1, -0.05) is 42.5 Å². The minimum absolute atomic E-state index is 0.160. The molecular weight excluding hydrogens is 519 g/mol. The maximum Gasteiger partial charge on any atom is 0.335 e. The first-order valence-corrected chi connectivity index (χ1v) is 14.4. The Bertz CT molecular complexity index is 1530. The number of barbiturate groups is 1. The lowest BCUT2D eigenvalue weighted by atomic mass is 9.48. The second-order valence-corrected chi connectivity index (χ2v) is 12.2. The molecule has 4 amide bonds. The van der Waals surface area contributed by atoms with Gasteiger partial charge in [0.1, 0.15) is 23.7 Å². The van der Waals surface area contributed by atoms with Gasteiger partial charge >= 0.3 is 6.03 Å². The first-order chi connectivity index (χ1) is 19.9. The summed E-state index contributed by atoms with van der Waals surface area (Å²) >= 11 is 0. The van der Waals surface area contributed by atoms with Crippen molar-refractivity contribution in [2.24, 2.45) is 17.8 Å². The summed E-state index contributed by atoms with van der Waals surface area (Å²) in [6.45, 7) is 0.182. The summed E-state index contributed by atoms with van der Waals surface area (Å²) < 4.78 is 19.2. The Morgan fingerprint density at radius 1 is 0.854 bits per heavy atom. The summed E-state index contributed by atoms with van der Waals surface area (Å²) in [6, 6.07) is 20.0. The van der Waals surface area contributed by atoms with Gasteiger partial charge in [-0.3, -0.25) is 14.9 Å². The molecule has 1 saturated heterocycles. The van der Waals surface area contributed by atoms with Crippen LogP contribution in [0.25, 0.3) is 6.08 Å². The number of hydrogen-bond donors (Lipinski definition) is 1. The van der Waals surface area contributed by atoms with Crippen molar-refractivity contribution in [2.75, 3.05) is 4.90 Å². The zero-order chi connectivity index (χ0) is 28.1. The number of ether oxygens (including phenoxy) is 1. The number of hydrogen-bond acceptors (Lipinski definition) is 4. The fourth-order valence-corrected chi connectivity index (χ4v) is 7.95. The Labute approximate surface area is 238 Å². The van der Waals surface area contributed by atoms with Crippen LogP contribution in [0.5, 0.6) is 5.75 Å². The van der Waals surface area contributed by atoms with Crippen molar-refractivity contribution >= 4 is 29.6 Å². The fourth-order valence-electron chi connectivity index (χ4n) is 7.95. The highest BCUT2D eigenvalue weighted by molar-refractivity contribution is 6.39. The molecule has 41 heavy (non-hydrogen) atoms. The molecule has 5 aliphatic rings. The van der Waals surface area contributed by atoms with Crippen LogP contribution in [0.2, 0.25) is 0 Å². The van der Waals surface area contributed by atoms with Crippen molar-refractivity contribution in [1.29, 1.82) is 0 Å². The third-order valence-electron chi connectivity index (χ3n) is 9.40. The maximum absolute atomic E-state index is 13.6. The Balaban J connectivity index is 1.13. The van der Waals surface area contributed by atoms with Crippen LogP contribution >= 0.6 is 0 Å². The molecule has 5 fully saturated rings. The molecule has 4 saturated carbocycles. The number of rotatable bonds is 6. The smallest absolute Gasteiger partial charge is 0.335 e. The maximum atomic E-state index is 13.6. The summed E-state index contributed by atoms with van der Waals surface area (Å²) in [5, 5.41) is 2.32. The summed E-state index contributed by atoms with van der Waals surface area (Å²) in [7, 11) is 0. The summed E-state index contributed by atoms with van der Waals surface area (Å²) in [5.74, 6) is 1.13. The molecule has 1 aliphatic heterocycles. The van der Waals surface area contributed by atoms with E-state index < -0.39 is 17.8 Å². The van der Waals surface area contributed by atoms with E-state index in [-0.39, 0.29) is 23.4 Å². The van der Waals surface area contributed by atoms with E-state index in [2.05, 4.69) is 17.4 Å². The van der Waals surface area contributed by atoms with Crippen molar-refractivity contribution in [3.05, 3.63) is 101 Å². The third kappa shape index (κ3) is 4.73. The molecule has 0 radical (unpaired) electrons. The highest BCUT2D eigenvalue weighted by atomic mass is 19.1. The Hall–Kier alpha value is -4.26. The summed E-state index contributed by atoms with van der Waals surface area (Å²) in [5.41, 5.74) is 3.06. The molecule has 0 aromatic heterocycles. The number of nitrogens with zero attached hydrogens (tertiary/aromatic N) is 1. The lowest BCUT2D eigenvalue weighted by molar-refractivity contribution is -0.122. The predicted molar refractivity (Wildman–Crippen MR) is 152 cm³/mol. The molecule has 7 heteroatoms. The van der Waals surface area contributed by atoms with Crippen LogP contribution in [0.15, 0.2) is 78.4 Å². The fraction of sp³-hybridized carbons (Fsp3) is 0.324. The van der Waals surface area contributed by atoms with Gasteiger partial charge in [0.25, 0.3) is 11.8 Å². The largest absolute Gasteiger partial charge is 0.488 e. The molecule has 0 unspecified atom stereocenters. The Kier molecular flexibility index (Phi) is 6.25. The molecule has 0 atom stereocenters. The van der Waals surface area contributed by atoms with Gasteiger partial charge in [0.15, 0.2) is 0 Å². The van der Waals surface area contributed by atoms with E-state index in [1.54, 1.807) is 36.4 Å². The third-order valence-corrected chi connectivity index (χ3v) is 9.40. The molecular formula is C34H31FN2O4. The van der Waals surface area contributed by atoms with Crippen LogP contribution < -0.4 is 15.0 Å². The van der Waals surface area contributed by atoms with Gasteiger partial charge in [-0.05, 0) is 109 Å². The first-order valence-electron chi connectivity index (χ1n) is 14.4. The van der Waals surface area contributed by atoms with E-state index in [0.29, 0.717) is 17.0 Å². The first kappa shape index (κ1) is 25.7. The van der Waals surface area contributed by atoms with Gasteiger partial charge in [0.2, 0.25) is 0 Å². The topological polar surface area (TPSA) is 75.7 Å². The highest BCUT2D eigenvalue weighted by Crippen LogP contribution is 2.60. The Morgan fingerprint density at radius 2 is 1.49 bits per heavy atom. The van der Waals surface area contributed by atoms with E-state index in [1.807, 2.05) is 12.1 Å². The molecule has 1 N–H and O–H groups in total. The van der Waals surface area contributed by atoms with Gasteiger partial charge in [-0.2, -0.15) is 0 Å². The zero-order valence-corrected chi connectivity index (χ0v) is 22.6. The van der Waals surface area contributed by atoms with Crippen LogP contribution in [0.4, 0.5) is 14.9 Å². The van der Waals surface area contributed by atoms with Crippen molar-refractivity contribution < 1.29 is 23.5 Å². The van der Waals surface area contributed by atoms with Crippen LogP contribution in [0, 0.1) is 23.6 Å². The molecule has 3 aromatic rings. The number of carbonyl (C=O) groups excluding carboxylic acids is 3. The van der Waals surface area contributed by atoms with E-state index in [1.165, 1.54) is 62.3 Å². The van der Waals surface area contributed by atoms with Gasteiger partial charge in [0, 0.05) is 5.56 Å². The average Bonchev–Trinajstić information content (AvgIpc) is 2.95. The molecule has 3 aromatic carbocycles. The number of benzene rings is 3. The van der Waals surface area contributed by atoms with E-state index in [9.17, 15) is 18.8 Å². The minimum atomic E-state index is -0.763. The van der Waals surface area contributed by atoms with Gasteiger partial charge in [-0.25, -0.2) is 14.1 Å². The zero-order valence-electron chi connectivity index (χ0n) is 22.6. The van der Waals surface area contributed by atoms with E-state index in [0.717, 1.165) is 28.2 Å². The van der Waals surface area contributed by atoms with E-state index >= 15 is 0 Å². The second kappa shape index (κ2) is 9.98. The number of imide groups is 2. The molecule has 208 valence electrons. The standard InChI is InChI=1S/C34H31FN2O4/c35-27-9-5-21(6-10-27)20-41-30-4-2-1-3-25(30)16-29-31(38)36-33(40)37(32(29)39)28-11-7-26(8-12-28)34-17-22-13-23(18-34)15-24(14-22)19-34/h1-12,16,22-24H,13-15,17-20H2,(H,36,38,40)/b29-16+.